The average Bonchev–Trinajstić information content (AvgIpc) is 2.59. The van der Waals surface area contributed by atoms with Crippen molar-refractivity contribution < 1.29 is 14.3 Å². The largest absolute Gasteiger partial charge is 0.483 e. The second-order valence-electron chi connectivity index (χ2n) is 5.03. The Kier molecular flexibility index (Phi) is 5.98. The lowest BCUT2D eigenvalue weighted by Crippen LogP contribution is -2.26. The Morgan fingerprint density at radius 2 is 1.83 bits per heavy atom. The fourth-order valence-corrected chi connectivity index (χ4v) is 2.06. The van der Waals surface area contributed by atoms with Crippen LogP contribution in [0.3, 0.4) is 0 Å². The number of carbonyl (C=O) groups is 2. The average molecular weight is 322 g/mol. The molecule has 0 bridgehead atoms. The van der Waals surface area contributed by atoms with Crippen LogP contribution in [0.2, 0.25) is 0 Å². The van der Waals surface area contributed by atoms with Crippen LogP contribution >= 0.6 is 0 Å². The molecule has 2 N–H and O–H groups in total. The van der Waals surface area contributed by atoms with Gasteiger partial charge in [0.25, 0.3) is 11.8 Å². The van der Waals surface area contributed by atoms with Crippen LogP contribution in [0.15, 0.2) is 48.5 Å². The first kappa shape index (κ1) is 17.1. The molecule has 0 aliphatic carbocycles. The molecular weight excluding hydrogens is 304 g/mol. The number of carbonyl (C=O) groups excluding carboxylic acids is 2. The van der Waals surface area contributed by atoms with Gasteiger partial charge in [-0.25, -0.2) is 0 Å². The summed E-state index contributed by atoms with van der Waals surface area (Å²) in [5, 5.41) is 5.25. The molecule has 0 aromatic heterocycles. The van der Waals surface area contributed by atoms with Gasteiger partial charge in [0.1, 0.15) is 5.75 Å². The van der Waals surface area contributed by atoms with E-state index in [9.17, 15) is 9.59 Å². The van der Waals surface area contributed by atoms with E-state index in [1.165, 1.54) is 0 Å². The third kappa shape index (κ3) is 4.62. The minimum absolute atomic E-state index is 0.123. The summed E-state index contributed by atoms with van der Waals surface area (Å²) in [6.45, 7) is 1.88. The van der Waals surface area contributed by atoms with E-state index in [1.54, 1.807) is 30.3 Å². The molecule has 0 atom stereocenters. The molecule has 0 aliphatic heterocycles. The molecule has 0 saturated carbocycles. The monoisotopic (exact) mass is 322 g/mol. The van der Waals surface area contributed by atoms with Gasteiger partial charge >= 0.3 is 0 Å². The van der Waals surface area contributed by atoms with Crippen molar-refractivity contribution in [2.75, 3.05) is 18.5 Å². The Morgan fingerprint density at radius 1 is 1.12 bits per heavy atom. The van der Waals surface area contributed by atoms with Crippen molar-refractivity contribution in [3.05, 3.63) is 59.7 Å². The number of terminal acetylenes is 1. The van der Waals surface area contributed by atoms with Crippen molar-refractivity contribution in [1.82, 2.24) is 5.32 Å². The van der Waals surface area contributed by atoms with Crippen molar-refractivity contribution in [2.24, 2.45) is 0 Å². The number of anilines is 1. The van der Waals surface area contributed by atoms with E-state index in [2.05, 4.69) is 16.6 Å². The van der Waals surface area contributed by atoms with Gasteiger partial charge in [-0.05, 0) is 30.7 Å². The number of ether oxygens (including phenoxy) is 1. The summed E-state index contributed by atoms with van der Waals surface area (Å²) in [6.07, 6.45) is 5.13. The molecule has 2 aromatic carbocycles. The number of benzene rings is 2. The molecule has 2 aromatic rings. The van der Waals surface area contributed by atoms with E-state index in [-0.39, 0.29) is 25.0 Å². The lowest BCUT2D eigenvalue weighted by atomic mass is 10.1. The number of hydrogen-bond donors (Lipinski definition) is 2. The van der Waals surface area contributed by atoms with Crippen molar-refractivity contribution in [3.8, 4) is 18.1 Å². The normalized spacial score (nSPS) is 9.67. The first-order valence-corrected chi connectivity index (χ1v) is 7.41. The van der Waals surface area contributed by atoms with Crippen LogP contribution in [-0.2, 0) is 4.79 Å². The number of para-hydroxylation sites is 2. The molecule has 0 spiro atoms. The van der Waals surface area contributed by atoms with Crippen molar-refractivity contribution >= 4 is 17.5 Å². The summed E-state index contributed by atoms with van der Waals surface area (Å²) < 4.78 is 5.50. The summed E-state index contributed by atoms with van der Waals surface area (Å²) in [5.74, 6) is 2.28. The van der Waals surface area contributed by atoms with Crippen LogP contribution in [-0.4, -0.2) is 25.0 Å². The smallest absolute Gasteiger partial charge is 0.262 e. The van der Waals surface area contributed by atoms with Gasteiger partial charge in [0.05, 0.1) is 17.8 Å². The fraction of sp³-hybridized carbons (Fsp3) is 0.158. The molecule has 5 heteroatoms. The minimum Gasteiger partial charge on any atom is -0.483 e. The molecule has 2 rings (SSSR count). The van der Waals surface area contributed by atoms with Crippen LogP contribution < -0.4 is 15.4 Å². The second kappa shape index (κ2) is 8.39. The lowest BCUT2D eigenvalue weighted by Gasteiger charge is -2.12. The van der Waals surface area contributed by atoms with Gasteiger partial charge in [-0.3, -0.25) is 9.59 Å². The number of rotatable bonds is 6. The van der Waals surface area contributed by atoms with Gasteiger partial charge in [-0.1, -0.05) is 36.3 Å². The summed E-state index contributed by atoms with van der Waals surface area (Å²) in [4.78, 5) is 24.1. The maximum atomic E-state index is 12.1. The Morgan fingerprint density at radius 3 is 2.58 bits per heavy atom. The topological polar surface area (TPSA) is 67.4 Å². The van der Waals surface area contributed by atoms with E-state index >= 15 is 0 Å². The number of hydrogen-bond acceptors (Lipinski definition) is 3. The summed E-state index contributed by atoms with van der Waals surface area (Å²) >= 11 is 0. The lowest BCUT2D eigenvalue weighted by molar-refractivity contribution is -0.118. The van der Waals surface area contributed by atoms with Crippen LogP contribution in [0.4, 0.5) is 5.69 Å². The first-order valence-electron chi connectivity index (χ1n) is 7.41. The predicted molar refractivity (Wildman–Crippen MR) is 92.9 cm³/mol. The Bertz CT molecular complexity index is 778. The number of aryl methyl sites for hydroxylation is 1. The Labute approximate surface area is 141 Å². The molecule has 0 radical (unpaired) electrons. The Hall–Kier alpha value is -3.26. The molecule has 122 valence electrons. The molecule has 0 heterocycles. The van der Waals surface area contributed by atoms with Crippen molar-refractivity contribution in [2.45, 2.75) is 6.92 Å². The van der Waals surface area contributed by atoms with Gasteiger partial charge in [0.15, 0.2) is 6.61 Å². The molecular formula is C19H18N2O3. The second-order valence-corrected chi connectivity index (χ2v) is 5.03. The van der Waals surface area contributed by atoms with E-state index in [0.717, 1.165) is 5.56 Å². The van der Waals surface area contributed by atoms with Crippen LogP contribution in [0.5, 0.6) is 5.75 Å². The summed E-state index contributed by atoms with van der Waals surface area (Å²) in [7, 11) is 0. The highest BCUT2D eigenvalue weighted by Crippen LogP contribution is 2.17. The molecule has 24 heavy (non-hydrogen) atoms. The maximum Gasteiger partial charge on any atom is 0.262 e. The molecule has 5 nitrogen and oxygen atoms in total. The minimum atomic E-state index is -0.351. The van der Waals surface area contributed by atoms with Crippen LogP contribution in [0, 0.1) is 19.3 Å². The predicted octanol–water partition coefficient (Wildman–Crippen LogP) is 2.38. The third-order valence-corrected chi connectivity index (χ3v) is 3.25. The number of amides is 2. The molecule has 0 unspecified atom stereocenters. The zero-order valence-corrected chi connectivity index (χ0v) is 13.3. The van der Waals surface area contributed by atoms with E-state index in [4.69, 9.17) is 11.2 Å². The van der Waals surface area contributed by atoms with Gasteiger partial charge in [0.2, 0.25) is 0 Å². The molecule has 0 saturated heterocycles. The molecule has 2 amide bonds. The molecule has 0 fully saturated rings. The van der Waals surface area contributed by atoms with E-state index < -0.39 is 0 Å². The highest BCUT2D eigenvalue weighted by Gasteiger charge is 2.13. The maximum absolute atomic E-state index is 12.1. The SMILES string of the molecule is C#CCNC(=O)c1ccccc1NC(=O)COc1ccccc1C. The van der Waals surface area contributed by atoms with Crippen molar-refractivity contribution in [3.63, 3.8) is 0 Å². The van der Waals surface area contributed by atoms with Gasteiger partial charge in [-0.15, -0.1) is 6.42 Å². The third-order valence-electron chi connectivity index (χ3n) is 3.25. The zero-order chi connectivity index (χ0) is 17.4. The van der Waals surface area contributed by atoms with Crippen LogP contribution in [0.25, 0.3) is 0 Å². The van der Waals surface area contributed by atoms with Crippen molar-refractivity contribution in [1.29, 1.82) is 0 Å². The van der Waals surface area contributed by atoms with E-state index in [1.807, 2.05) is 25.1 Å². The quantitative estimate of drug-likeness (QED) is 0.802. The standard InChI is InChI=1S/C19H18N2O3/c1-3-12-20-19(23)15-9-5-6-10-16(15)21-18(22)13-24-17-11-7-4-8-14(17)2/h1,4-11H,12-13H2,2H3,(H,20,23)(H,21,22). The van der Waals surface area contributed by atoms with Crippen LogP contribution in [0.1, 0.15) is 15.9 Å². The van der Waals surface area contributed by atoms with E-state index in [0.29, 0.717) is 17.0 Å². The fourth-order valence-electron chi connectivity index (χ4n) is 2.06. The summed E-state index contributed by atoms with van der Waals surface area (Å²) in [5.41, 5.74) is 1.70. The Balaban J connectivity index is 2.00. The number of nitrogens with one attached hydrogen (secondary N) is 2. The van der Waals surface area contributed by atoms with Gasteiger partial charge < -0.3 is 15.4 Å². The highest BCUT2D eigenvalue weighted by atomic mass is 16.5. The zero-order valence-electron chi connectivity index (χ0n) is 13.3. The van der Waals surface area contributed by atoms with Gasteiger partial charge in [-0.2, -0.15) is 0 Å². The first-order chi connectivity index (χ1) is 11.6. The summed E-state index contributed by atoms with van der Waals surface area (Å²) in [6, 6.07) is 14.1. The highest BCUT2D eigenvalue weighted by molar-refractivity contribution is 6.04. The molecule has 0 aliphatic rings. The van der Waals surface area contributed by atoms with Gasteiger partial charge in [0, 0.05) is 0 Å².